The first-order valence-electron chi connectivity index (χ1n) is 13.2. The van der Waals surface area contributed by atoms with Gasteiger partial charge in [-0.25, -0.2) is 0 Å². The number of hydrogen-bond acceptors (Lipinski definition) is 4. The number of fused-ring (bicyclic) bond motifs is 3. The Labute approximate surface area is 210 Å². The lowest BCUT2D eigenvalue weighted by atomic mass is 9.69. The predicted octanol–water partition coefficient (Wildman–Crippen LogP) is 6.13. The van der Waals surface area contributed by atoms with E-state index in [2.05, 4.69) is 95.2 Å². The molecule has 1 aromatic heterocycles. The van der Waals surface area contributed by atoms with Crippen LogP contribution in [0.4, 0.5) is 0 Å². The SMILES string of the molecule is CCCC1(CCC)c2cc(B3OC(C)(C)C(C)(C)O3)ccc2-c2ccc(-c3cn(CC)nn3)cc21. The van der Waals surface area contributed by atoms with Gasteiger partial charge in [-0.2, -0.15) is 0 Å². The number of benzene rings is 2. The van der Waals surface area contributed by atoms with Gasteiger partial charge >= 0.3 is 7.12 Å². The van der Waals surface area contributed by atoms with Crippen LogP contribution in [-0.2, 0) is 21.3 Å². The zero-order valence-corrected chi connectivity index (χ0v) is 22.3. The summed E-state index contributed by atoms with van der Waals surface area (Å²) >= 11 is 0. The molecular formula is C29H38BN3O2. The van der Waals surface area contributed by atoms with Gasteiger partial charge in [0.05, 0.1) is 17.4 Å². The minimum Gasteiger partial charge on any atom is -0.399 e. The van der Waals surface area contributed by atoms with Gasteiger partial charge in [-0.05, 0) is 81.2 Å². The predicted molar refractivity (Wildman–Crippen MR) is 143 cm³/mol. The highest BCUT2D eigenvalue weighted by atomic mass is 16.7. The third-order valence-electron chi connectivity index (χ3n) is 8.42. The van der Waals surface area contributed by atoms with E-state index in [9.17, 15) is 0 Å². The molecule has 1 aliphatic carbocycles. The van der Waals surface area contributed by atoms with E-state index in [0.717, 1.165) is 48.9 Å². The first-order valence-corrected chi connectivity index (χ1v) is 13.2. The molecule has 0 amide bonds. The van der Waals surface area contributed by atoms with Crippen LogP contribution in [0.15, 0.2) is 42.6 Å². The second-order valence-corrected chi connectivity index (χ2v) is 11.2. The van der Waals surface area contributed by atoms with E-state index in [1.807, 2.05) is 10.9 Å². The van der Waals surface area contributed by atoms with Gasteiger partial charge in [-0.1, -0.05) is 62.2 Å². The Hall–Kier alpha value is -2.44. The number of nitrogens with zero attached hydrogens (tertiary/aromatic N) is 3. The largest absolute Gasteiger partial charge is 0.494 e. The molecule has 1 fully saturated rings. The zero-order valence-electron chi connectivity index (χ0n) is 22.3. The lowest BCUT2D eigenvalue weighted by Gasteiger charge is -2.32. The van der Waals surface area contributed by atoms with Crippen LogP contribution < -0.4 is 5.46 Å². The fourth-order valence-corrected chi connectivity index (χ4v) is 5.90. The van der Waals surface area contributed by atoms with Gasteiger partial charge < -0.3 is 9.31 Å². The van der Waals surface area contributed by atoms with Crippen molar-refractivity contribution in [3.63, 3.8) is 0 Å². The summed E-state index contributed by atoms with van der Waals surface area (Å²) in [6.45, 7) is 16.0. The topological polar surface area (TPSA) is 49.2 Å². The number of aromatic nitrogens is 3. The first-order chi connectivity index (χ1) is 16.7. The van der Waals surface area contributed by atoms with Gasteiger partial charge in [0.25, 0.3) is 0 Å². The summed E-state index contributed by atoms with van der Waals surface area (Å²) in [4.78, 5) is 0. The number of rotatable bonds is 7. The van der Waals surface area contributed by atoms with Crippen molar-refractivity contribution in [3.8, 4) is 22.4 Å². The Morgan fingerprint density at radius 1 is 0.829 bits per heavy atom. The van der Waals surface area contributed by atoms with Crippen LogP contribution in [0.5, 0.6) is 0 Å². The molecular weight excluding hydrogens is 433 g/mol. The molecule has 3 aromatic rings. The quantitative estimate of drug-likeness (QED) is 0.389. The van der Waals surface area contributed by atoms with Crippen molar-refractivity contribution in [2.45, 2.75) is 97.3 Å². The smallest absolute Gasteiger partial charge is 0.399 e. The van der Waals surface area contributed by atoms with E-state index in [0.29, 0.717) is 0 Å². The lowest BCUT2D eigenvalue weighted by Crippen LogP contribution is -2.41. The summed E-state index contributed by atoms with van der Waals surface area (Å²) in [5.74, 6) is 0. The van der Waals surface area contributed by atoms with Crippen LogP contribution in [0.25, 0.3) is 22.4 Å². The fourth-order valence-electron chi connectivity index (χ4n) is 5.90. The Balaban J connectivity index is 1.63. The van der Waals surface area contributed by atoms with E-state index in [-0.39, 0.29) is 23.7 Å². The molecule has 0 spiro atoms. The molecule has 2 aromatic carbocycles. The minimum absolute atomic E-state index is 0.0232. The second kappa shape index (κ2) is 8.60. The fraction of sp³-hybridized carbons (Fsp3) is 0.517. The molecule has 35 heavy (non-hydrogen) atoms. The number of aryl methyl sites for hydroxylation is 1. The molecule has 184 valence electrons. The molecule has 1 saturated heterocycles. The van der Waals surface area contributed by atoms with Gasteiger partial charge in [0.2, 0.25) is 0 Å². The molecule has 2 heterocycles. The second-order valence-electron chi connectivity index (χ2n) is 11.2. The molecule has 1 aliphatic heterocycles. The summed E-state index contributed by atoms with van der Waals surface area (Å²) in [6.07, 6.45) is 6.50. The van der Waals surface area contributed by atoms with Crippen molar-refractivity contribution in [2.75, 3.05) is 0 Å². The lowest BCUT2D eigenvalue weighted by molar-refractivity contribution is 0.00578. The van der Waals surface area contributed by atoms with Gasteiger partial charge in [-0.3, -0.25) is 4.68 Å². The monoisotopic (exact) mass is 471 g/mol. The van der Waals surface area contributed by atoms with Gasteiger partial charge in [0.15, 0.2) is 0 Å². The maximum Gasteiger partial charge on any atom is 0.494 e. The van der Waals surface area contributed by atoms with Crippen LogP contribution in [0, 0.1) is 0 Å². The summed E-state index contributed by atoms with van der Waals surface area (Å²) in [5, 5.41) is 8.72. The van der Waals surface area contributed by atoms with Crippen molar-refractivity contribution >= 4 is 12.6 Å². The van der Waals surface area contributed by atoms with Crippen molar-refractivity contribution in [3.05, 3.63) is 53.7 Å². The third-order valence-corrected chi connectivity index (χ3v) is 8.42. The number of hydrogen-bond donors (Lipinski definition) is 0. The van der Waals surface area contributed by atoms with Crippen LogP contribution in [0.2, 0.25) is 0 Å². The molecule has 0 N–H and O–H groups in total. The van der Waals surface area contributed by atoms with Crippen LogP contribution in [-0.4, -0.2) is 33.3 Å². The Bertz CT molecular complexity index is 1220. The summed E-state index contributed by atoms with van der Waals surface area (Å²) < 4.78 is 14.7. The van der Waals surface area contributed by atoms with Crippen molar-refractivity contribution in [2.24, 2.45) is 0 Å². The normalized spacial score (nSPS) is 19.1. The molecule has 0 unspecified atom stereocenters. The van der Waals surface area contributed by atoms with Crippen LogP contribution in [0.1, 0.15) is 85.3 Å². The highest BCUT2D eigenvalue weighted by Crippen LogP contribution is 2.54. The van der Waals surface area contributed by atoms with Gasteiger partial charge in [0, 0.05) is 17.5 Å². The molecule has 2 aliphatic rings. The van der Waals surface area contributed by atoms with Crippen LogP contribution >= 0.6 is 0 Å². The Morgan fingerprint density at radius 2 is 1.43 bits per heavy atom. The average molecular weight is 471 g/mol. The highest BCUT2D eigenvalue weighted by Gasteiger charge is 2.52. The maximum absolute atomic E-state index is 6.43. The van der Waals surface area contributed by atoms with E-state index in [1.54, 1.807) is 0 Å². The summed E-state index contributed by atoms with van der Waals surface area (Å²) in [7, 11) is -0.352. The molecule has 0 radical (unpaired) electrons. The molecule has 0 bridgehead atoms. The Morgan fingerprint density at radius 3 is 2.00 bits per heavy atom. The molecule has 5 nitrogen and oxygen atoms in total. The van der Waals surface area contributed by atoms with Gasteiger partial charge in [0.1, 0.15) is 5.69 Å². The average Bonchev–Trinajstić information content (AvgIpc) is 3.46. The van der Waals surface area contributed by atoms with Crippen LogP contribution in [0.3, 0.4) is 0 Å². The van der Waals surface area contributed by atoms with Gasteiger partial charge in [-0.15, -0.1) is 5.10 Å². The standard InChI is InChI=1S/C29H38BN3O2/c1-8-15-29(16-9-2)24-17-20(26-19-33(10-3)32-31-26)11-13-22(24)23-14-12-21(18-25(23)29)30-34-27(4,5)28(6,7)35-30/h11-14,17-19H,8-10,15-16H2,1-7H3. The summed E-state index contributed by atoms with van der Waals surface area (Å²) in [6, 6.07) is 13.7. The van der Waals surface area contributed by atoms with E-state index in [4.69, 9.17) is 9.31 Å². The molecule has 5 rings (SSSR count). The van der Waals surface area contributed by atoms with E-state index < -0.39 is 0 Å². The molecule has 6 heteroatoms. The minimum atomic E-state index is -0.353. The highest BCUT2D eigenvalue weighted by molar-refractivity contribution is 6.62. The molecule has 0 atom stereocenters. The van der Waals surface area contributed by atoms with Crippen molar-refractivity contribution in [1.82, 2.24) is 15.0 Å². The maximum atomic E-state index is 6.43. The van der Waals surface area contributed by atoms with E-state index >= 15 is 0 Å². The van der Waals surface area contributed by atoms with Crippen molar-refractivity contribution < 1.29 is 9.31 Å². The zero-order chi connectivity index (χ0) is 25.0. The van der Waals surface area contributed by atoms with E-state index in [1.165, 1.54) is 22.3 Å². The third kappa shape index (κ3) is 3.77. The first kappa shape index (κ1) is 24.3. The van der Waals surface area contributed by atoms with Crippen molar-refractivity contribution in [1.29, 1.82) is 0 Å². The Kier molecular flexibility index (Phi) is 5.96. The summed E-state index contributed by atoms with van der Waals surface area (Å²) in [5.41, 5.74) is 7.97. The molecule has 0 saturated carbocycles.